The fourth-order valence-electron chi connectivity index (χ4n) is 9.68. The zero-order chi connectivity index (χ0) is 78.3. The number of nitrogens with zero attached hydrogens (tertiary/aromatic N) is 8. The van der Waals surface area contributed by atoms with Gasteiger partial charge in [-0.3, -0.25) is 91.6 Å². The van der Waals surface area contributed by atoms with Crippen LogP contribution in [0.2, 0.25) is 5.02 Å². The van der Waals surface area contributed by atoms with Gasteiger partial charge in [-0.25, -0.2) is 0 Å². The third-order valence-electron chi connectivity index (χ3n) is 15.3. The molecule has 0 aliphatic carbocycles. The maximum atomic E-state index is 12.2. The number of aromatic amines is 1. The first-order valence-corrected chi connectivity index (χ1v) is 36.9. The van der Waals surface area contributed by atoms with Gasteiger partial charge in [0.1, 0.15) is 25.4 Å². The number of aliphatic carboxylic acids is 4. The lowest BCUT2D eigenvalue weighted by Crippen LogP contribution is -2.36. The Morgan fingerprint density at radius 3 is 1.34 bits per heavy atom. The minimum absolute atomic E-state index is 0.0202. The molecule has 5 aliphatic rings. The van der Waals surface area contributed by atoms with Gasteiger partial charge in [-0.05, 0) is 157 Å². The maximum Gasteiger partial charge on any atom is 0.323 e. The second-order valence-corrected chi connectivity index (χ2v) is 29.2. The summed E-state index contributed by atoms with van der Waals surface area (Å²) in [5.41, 5.74) is 9.63. The van der Waals surface area contributed by atoms with Crippen LogP contribution >= 0.6 is 70.4 Å². The van der Waals surface area contributed by atoms with Crippen LogP contribution in [-0.2, 0) is 62.7 Å². The lowest BCUT2D eigenvalue weighted by atomic mass is 10.1. The van der Waals surface area contributed by atoms with Crippen molar-refractivity contribution in [3.63, 3.8) is 0 Å². The Morgan fingerprint density at radius 1 is 0.472 bits per heavy atom. The SMILES string of the molecule is Cc1ccc(/C=C2\SC(=O)N(CCC(=O)O)C2=O)cc1.Cc1ccc(/C=C2\SC(=O)N(CCCC(=O)O)C2=O)cc1.Cc1ccc(/C=C2\SC(=O)N(Cc3nn[nH]n3)C2=O)cc1.Cc1ccc(CC2SC(=O)N(CC(=O)O)C2=O)cc1.O=C(O)CN1C(=O)S/C(=C\c2ccc(OCc3ccccc3)c(Cl)c2)C1=O. The van der Waals surface area contributed by atoms with Gasteiger partial charge in [0.2, 0.25) is 5.91 Å². The Bertz CT molecular complexity index is 4740. The molecule has 1 unspecified atom stereocenters. The molecule has 5 N–H and O–H groups in total. The largest absolute Gasteiger partial charge is 0.487 e. The number of imide groups is 5. The van der Waals surface area contributed by atoms with Crippen LogP contribution in [0.3, 0.4) is 0 Å². The van der Waals surface area contributed by atoms with Crippen molar-refractivity contribution in [3.8, 4) is 5.75 Å². The Labute approximate surface area is 643 Å². The Morgan fingerprint density at radius 2 is 0.889 bits per heavy atom. The van der Waals surface area contributed by atoms with Crippen LogP contribution in [0.5, 0.6) is 5.75 Å². The van der Waals surface area contributed by atoms with Gasteiger partial charge in [-0.1, -0.05) is 184 Å². The minimum atomic E-state index is -1.25. The zero-order valence-corrected chi connectivity index (χ0v) is 62.6. The number of H-pyrrole nitrogens is 1. The molecule has 0 spiro atoms. The smallest absolute Gasteiger partial charge is 0.323 e. The van der Waals surface area contributed by atoms with E-state index in [1.54, 1.807) is 36.4 Å². The Balaban J connectivity index is 0.000000171. The van der Waals surface area contributed by atoms with Crippen molar-refractivity contribution in [1.82, 2.24) is 45.1 Å². The van der Waals surface area contributed by atoms with Crippen LogP contribution in [0.1, 0.15) is 80.7 Å². The number of nitrogens with one attached hydrogen (secondary N) is 1. The van der Waals surface area contributed by atoms with Crippen molar-refractivity contribution in [1.29, 1.82) is 0 Å². The molecule has 5 saturated heterocycles. The van der Waals surface area contributed by atoms with Crippen LogP contribution in [0.15, 0.2) is 165 Å². The predicted molar refractivity (Wildman–Crippen MR) is 407 cm³/mol. The highest BCUT2D eigenvalue weighted by molar-refractivity contribution is 8.19. The van der Waals surface area contributed by atoms with E-state index in [9.17, 15) is 67.1 Å². The van der Waals surface area contributed by atoms with E-state index in [1.165, 1.54) is 6.08 Å². The van der Waals surface area contributed by atoms with Gasteiger partial charge in [0.05, 0.1) is 42.9 Å². The van der Waals surface area contributed by atoms with Crippen molar-refractivity contribution in [2.24, 2.45) is 0 Å². The van der Waals surface area contributed by atoms with E-state index in [4.69, 9.17) is 36.8 Å². The van der Waals surface area contributed by atoms with Crippen molar-refractivity contribution in [2.75, 3.05) is 26.2 Å². The molecule has 1 aromatic heterocycles. The number of hydrogen-bond acceptors (Lipinski definition) is 23. The number of benzene rings is 6. The van der Waals surface area contributed by atoms with Crippen LogP contribution < -0.4 is 4.74 Å². The average Bonchev–Trinajstić information content (AvgIpc) is 1.65. The summed E-state index contributed by atoms with van der Waals surface area (Å²) in [6.07, 6.45) is 6.94. The third-order valence-corrected chi connectivity index (χ3v) is 20.3. The first kappa shape index (κ1) is 82.4. The number of rotatable bonds is 22. The zero-order valence-electron chi connectivity index (χ0n) is 57.7. The Kier molecular flexibility index (Phi) is 30.1. The summed E-state index contributed by atoms with van der Waals surface area (Å²) < 4.78 is 5.69. The third kappa shape index (κ3) is 24.4. The minimum Gasteiger partial charge on any atom is -0.487 e. The number of carboxylic acids is 4. The molecule has 28 nitrogen and oxygen atoms in total. The van der Waals surface area contributed by atoms with E-state index in [-0.39, 0.29) is 66.1 Å². The fourth-order valence-corrected chi connectivity index (χ4v) is 14.4. The molecule has 12 rings (SSSR count). The molecule has 5 fully saturated rings. The molecule has 10 amide bonds. The number of ether oxygens (including phenoxy) is 1. The molecule has 0 saturated carbocycles. The molecule has 6 heterocycles. The topological polar surface area (TPSA) is 400 Å². The average molecular weight is 1580 g/mol. The van der Waals surface area contributed by atoms with Gasteiger partial charge < -0.3 is 25.2 Å². The predicted octanol–water partition coefficient (Wildman–Crippen LogP) is 12.9. The monoisotopic (exact) mass is 1580 g/mol. The first-order valence-electron chi connectivity index (χ1n) is 32.3. The molecule has 6 aromatic carbocycles. The maximum absolute atomic E-state index is 12.2. The highest BCUT2D eigenvalue weighted by atomic mass is 35.5. The highest BCUT2D eigenvalue weighted by Gasteiger charge is 2.42. The van der Waals surface area contributed by atoms with Gasteiger partial charge >= 0.3 is 23.9 Å². The summed E-state index contributed by atoms with van der Waals surface area (Å²) in [4.78, 5) is 167. The van der Waals surface area contributed by atoms with Crippen molar-refractivity contribution < 1.29 is 92.3 Å². The summed E-state index contributed by atoms with van der Waals surface area (Å²) in [5.74, 6) is -5.77. The molecule has 7 aromatic rings. The number of carbonyl (C=O) groups excluding carboxylic acids is 10. The highest BCUT2D eigenvalue weighted by Crippen LogP contribution is 2.37. The molecular weight excluding hydrogens is 1510 g/mol. The summed E-state index contributed by atoms with van der Waals surface area (Å²) in [6, 6.07) is 45.2. The second kappa shape index (κ2) is 39.4. The second-order valence-electron chi connectivity index (χ2n) is 23.6. The van der Waals surface area contributed by atoms with Gasteiger partial charge in [0.15, 0.2) is 5.82 Å². The van der Waals surface area contributed by atoms with E-state index in [0.29, 0.717) is 66.6 Å². The normalized spacial score (nSPS) is 16.9. The number of aryl methyl sites for hydroxylation is 4. The van der Waals surface area contributed by atoms with E-state index in [2.05, 4.69) is 20.6 Å². The van der Waals surface area contributed by atoms with Crippen LogP contribution in [0.4, 0.5) is 24.0 Å². The van der Waals surface area contributed by atoms with Crippen molar-refractivity contribution in [2.45, 2.75) is 71.8 Å². The van der Waals surface area contributed by atoms with Crippen LogP contribution in [-0.4, -0.2) is 177 Å². The molecule has 0 radical (unpaired) electrons. The van der Waals surface area contributed by atoms with E-state index >= 15 is 0 Å². The van der Waals surface area contributed by atoms with Crippen molar-refractivity contribution in [3.05, 3.63) is 232 Å². The molecule has 5 aliphatic heterocycles. The number of tetrazole rings is 1. The number of hydrogen-bond donors (Lipinski definition) is 5. The van der Waals surface area contributed by atoms with Gasteiger partial charge in [0, 0.05) is 19.5 Å². The van der Waals surface area contributed by atoms with E-state index < -0.39 is 75.7 Å². The molecule has 0 bridgehead atoms. The quantitative estimate of drug-likeness (QED) is 0.0393. The van der Waals surface area contributed by atoms with Crippen molar-refractivity contribution >= 4 is 174 Å². The number of thioether (sulfide) groups is 5. The van der Waals surface area contributed by atoms with E-state index in [0.717, 1.165) is 117 Å². The molecule has 34 heteroatoms. The lowest BCUT2D eigenvalue weighted by Gasteiger charge is -2.10. The number of halogens is 1. The number of amides is 10. The summed E-state index contributed by atoms with van der Waals surface area (Å²) in [7, 11) is 0. The van der Waals surface area contributed by atoms with Gasteiger partial charge in [-0.2, -0.15) is 5.21 Å². The molecule has 1 atom stereocenters. The van der Waals surface area contributed by atoms with Crippen LogP contribution in [0, 0.1) is 27.7 Å². The summed E-state index contributed by atoms with van der Waals surface area (Å²) in [5, 5.41) is 45.5. The number of carboxylic acid groups (broad SMARTS) is 4. The van der Waals surface area contributed by atoms with Gasteiger partial charge in [-0.15, -0.1) is 10.2 Å². The molecular formula is C74H66ClN9O19S5. The lowest BCUT2D eigenvalue weighted by molar-refractivity contribution is -0.141. The summed E-state index contributed by atoms with van der Waals surface area (Å²) >= 11 is 10.5. The van der Waals surface area contributed by atoms with Crippen LogP contribution in [0.25, 0.3) is 24.3 Å². The van der Waals surface area contributed by atoms with E-state index in [1.807, 2.05) is 155 Å². The standard InChI is InChI=1S/C19H14ClNO5S.C15H15NO4S.C14H13NO4S.C13H11N5O2S.C13H13NO4S/c20-14-8-13(6-7-15(14)26-11-12-4-2-1-3-5-12)9-16-18(24)21(10-17(22)23)19(25)27-16;1-10-4-6-11(7-5-10)9-12-14(19)16(15(20)21-12)8-2-3-13(17)18;1-9-2-4-10(5-3-9)8-11-13(18)15(14(19)20-11)7-6-12(16)17;1-8-2-4-9(5-3-8)6-10-12(19)18(13(20)21-10)7-11-14-16-17-15-11;1-8-2-4-9(5-3-8)6-10-12(17)14(7-11(15)16)13(18)19-10/h1-9H,10-11H2,(H,22,23);4-7,9H,2-3,8H2,1H3,(H,17,18);2-5,8H,6-7H2,1H3,(H,16,17);2-6H,7H2,1H3,(H,14,15,16,17);2-5,10H,6-7H2,1H3,(H,15,16)/b16-9-;12-9-;11-8-;10-6-;. The summed E-state index contributed by atoms with van der Waals surface area (Å²) in [6.45, 7) is 7.11. The fraction of sp³-hybridized carbons (Fsp3) is 0.203. The number of aromatic nitrogens is 4. The molecule has 558 valence electrons. The number of carbonyl (C=O) groups is 14. The Hall–Kier alpha value is -11.2. The first-order chi connectivity index (χ1) is 51.5. The van der Waals surface area contributed by atoms with Gasteiger partial charge in [0.25, 0.3) is 49.8 Å². The molecule has 108 heavy (non-hydrogen) atoms.